The summed E-state index contributed by atoms with van der Waals surface area (Å²) in [4.78, 5) is 0. The minimum Gasteiger partial charge on any atom is -0.580 e. The van der Waals surface area contributed by atoms with Gasteiger partial charge in [-0.25, -0.2) is 0 Å². The minimum absolute atomic E-state index is 1.04. The number of aromatic hydroxyl groups is 1. The lowest BCUT2D eigenvalue weighted by Crippen LogP contribution is -2.28. The average molecular weight is 175 g/mol. The molecule has 0 atom stereocenters. The van der Waals surface area contributed by atoms with E-state index >= 15 is 0 Å². The maximum Gasteiger partial charge on any atom is 0.328 e. The smallest absolute Gasteiger partial charge is 0.328 e. The number of nitrogens with zero attached hydrogens (tertiary/aromatic N) is 1. The Hall–Kier alpha value is -1.57. The SMILES string of the molecule is C[OH+]c1cccc2ccc[n+](C)c12. The van der Waals surface area contributed by atoms with Crippen LogP contribution in [0.25, 0.3) is 10.9 Å². The molecule has 2 nitrogen and oxygen atoms in total. The molecule has 13 heavy (non-hydrogen) atoms. The Bertz CT molecular complexity index is 432. The van der Waals surface area contributed by atoms with Crippen molar-refractivity contribution in [3.8, 4) is 5.75 Å². The van der Waals surface area contributed by atoms with Gasteiger partial charge in [-0.1, -0.05) is 6.07 Å². The standard InChI is InChI=1S/C11H12NO/c1-12-8-4-6-9-5-3-7-10(13-2)11(9)12/h3-8H,1-2H3/q+1/p+1. The van der Waals surface area contributed by atoms with Gasteiger partial charge in [-0.3, -0.25) is 0 Å². The zero-order chi connectivity index (χ0) is 9.26. The minimum atomic E-state index is 1.04. The molecule has 0 radical (unpaired) electrons. The number of aromatic nitrogens is 1. The zero-order valence-corrected chi connectivity index (χ0v) is 7.86. The maximum atomic E-state index is 4.24. The predicted molar refractivity (Wildman–Crippen MR) is 52.7 cm³/mol. The van der Waals surface area contributed by atoms with Gasteiger partial charge in [0.1, 0.15) is 7.05 Å². The number of aliphatic hydroxyl groups is 1. The van der Waals surface area contributed by atoms with Crippen molar-refractivity contribution >= 4 is 10.9 Å². The Morgan fingerprint density at radius 3 is 2.69 bits per heavy atom. The van der Waals surface area contributed by atoms with Gasteiger partial charge in [-0.2, -0.15) is 4.57 Å². The molecule has 0 amide bonds. The molecule has 0 bridgehead atoms. The van der Waals surface area contributed by atoms with E-state index in [9.17, 15) is 0 Å². The molecule has 66 valence electrons. The topological polar surface area (TPSA) is 16.7 Å². The molecule has 0 aliphatic heterocycles. The lowest BCUT2D eigenvalue weighted by atomic mass is 10.2. The summed E-state index contributed by atoms with van der Waals surface area (Å²) >= 11 is 0. The summed E-state index contributed by atoms with van der Waals surface area (Å²) in [6.45, 7) is 0. The molecule has 0 aliphatic rings. The van der Waals surface area contributed by atoms with Crippen LogP contribution >= 0.6 is 0 Å². The average Bonchev–Trinajstić information content (AvgIpc) is 2.17. The highest BCUT2D eigenvalue weighted by Gasteiger charge is 2.13. The number of hydrogen-bond donors (Lipinski definition) is 0. The third-order valence-corrected chi connectivity index (χ3v) is 2.23. The van der Waals surface area contributed by atoms with Crippen molar-refractivity contribution in [1.29, 1.82) is 0 Å². The fourth-order valence-electron chi connectivity index (χ4n) is 1.60. The van der Waals surface area contributed by atoms with Crippen LogP contribution in [0.4, 0.5) is 0 Å². The van der Waals surface area contributed by atoms with Gasteiger partial charge in [0.15, 0.2) is 13.3 Å². The Balaban J connectivity index is 2.87. The summed E-state index contributed by atoms with van der Waals surface area (Å²) < 4.78 is 6.33. The number of rotatable bonds is 1. The van der Waals surface area contributed by atoms with Crippen molar-refractivity contribution in [2.75, 3.05) is 7.11 Å². The molecule has 2 aromatic rings. The number of aryl methyl sites for hydroxylation is 1. The van der Waals surface area contributed by atoms with E-state index in [2.05, 4.69) is 21.4 Å². The fraction of sp³-hybridized carbons (Fsp3) is 0.182. The molecule has 0 unspecified atom stereocenters. The van der Waals surface area contributed by atoms with Crippen LogP contribution in [0.15, 0.2) is 36.5 Å². The molecule has 0 saturated carbocycles. The number of hydrogen-bond acceptors (Lipinski definition) is 0. The van der Waals surface area contributed by atoms with Gasteiger partial charge in [-0.15, -0.1) is 0 Å². The molecule has 2 heteroatoms. The van der Waals surface area contributed by atoms with Gasteiger partial charge in [0.2, 0.25) is 0 Å². The monoisotopic (exact) mass is 175 g/mol. The number of fused-ring (bicyclic) bond motifs is 1. The molecular weight excluding hydrogens is 162 g/mol. The normalized spacial score (nSPS) is 10.3. The van der Waals surface area contributed by atoms with Gasteiger partial charge in [0.05, 0.1) is 5.39 Å². The van der Waals surface area contributed by atoms with Crippen LogP contribution in [0.5, 0.6) is 5.75 Å². The molecule has 0 saturated heterocycles. The number of ether oxygens (including phenoxy) is 1. The largest absolute Gasteiger partial charge is 0.580 e. The quantitative estimate of drug-likeness (QED) is 0.462. The van der Waals surface area contributed by atoms with Crippen molar-refractivity contribution in [1.82, 2.24) is 0 Å². The number of benzene rings is 1. The first-order valence-corrected chi connectivity index (χ1v) is 4.30. The van der Waals surface area contributed by atoms with Crippen molar-refractivity contribution in [3.63, 3.8) is 0 Å². The molecule has 1 N–H and O–H groups in total. The maximum absolute atomic E-state index is 4.24. The molecule has 0 aliphatic carbocycles. The lowest BCUT2D eigenvalue weighted by molar-refractivity contribution is -0.645. The van der Waals surface area contributed by atoms with Crippen LogP contribution in [0, 0.1) is 0 Å². The van der Waals surface area contributed by atoms with Crippen LogP contribution < -0.4 is 4.57 Å². The number of pyridine rings is 1. The molecule has 0 fully saturated rings. The highest BCUT2D eigenvalue weighted by atomic mass is 16.5. The van der Waals surface area contributed by atoms with Crippen LogP contribution in [0.2, 0.25) is 0 Å². The highest BCUT2D eigenvalue weighted by Crippen LogP contribution is 2.21. The van der Waals surface area contributed by atoms with Gasteiger partial charge >= 0.3 is 11.3 Å². The van der Waals surface area contributed by atoms with Crippen LogP contribution in [-0.4, -0.2) is 11.8 Å². The van der Waals surface area contributed by atoms with Gasteiger partial charge in [-0.05, 0) is 12.1 Å². The first kappa shape index (κ1) is 8.05. The third kappa shape index (κ3) is 1.24. The molecule has 2 rings (SSSR count). The summed E-state index contributed by atoms with van der Waals surface area (Å²) in [5.74, 6) is 1.04. The van der Waals surface area contributed by atoms with E-state index in [0.29, 0.717) is 0 Å². The first-order chi connectivity index (χ1) is 6.33. The first-order valence-electron chi connectivity index (χ1n) is 4.30. The summed E-state index contributed by atoms with van der Waals surface area (Å²) in [6, 6.07) is 10.3. The Kier molecular flexibility index (Phi) is 1.89. The van der Waals surface area contributed by atoms with Crippen LogP contribution in [0.3, 0.4) is 0 Å². The Morgan fingerprint density at radius 2 is 1.92 bits per heavy atom. The molecule has 1 aromatic carbocycles. The van der Waals surface area contributed by atoms with Crippen molar-refractivity contribution < 1.29 is 9.30 Å². The van der Waals surface area contributed by atoms with E-state index in [-0.39, 0.29) is 0 Å². The highest BCUT2D eigenvalue weighted by molar-refractivity contribution is 5.81. The second-order valence-electron chi connectivity index (χ2n) is 3.06. The van der Waals surface area contributed by atoms with Crippen LogP contribution in [-0.2, 0) is 7.05 Å². The molecule has 1 heterocycles. The zero-order valence-electron chi connectivity index (χ0n) is 7.86. The second kappa shape index (κ2) is 3.05. The Morgan fingerprint density at radius 1 is 1.15 bits per heavy atom. The summed E-state index contributed by atoms with van der Waals surface area (Å²) in [5, 5.41) is 1.23. The third-order valence-electron chi connectivity index (χ3n) is 2.23. The second-order valence-corrected chi connectivity index (χ2v) is 3.06. The van der Waals surface area contributed by atoms with E-state index in [1.54, 1.807) is 0 Å². The Labute approximate surface area is 77.4 Å². The van der Waals surface area contributed by atoms with Gasteiger partial charge in [0.25, 0.3) is 0 Å². The lowest BCUT2D eigenvalue weighted by Gasteiger charge is -1.99. The van der Waals surface area contributed by atoms with E-state index in [1.807, 2.05) is 38.6 Å². The van der Waals surface area contributed by atoms with Crippen molar-refractivity contribution in [2.45, 2.75) is 0 Å². The van der Waals surface area contributed by atoms with Gasteiger partial charge < -0.3 is 4.74 Å². The summed E-state index contributed by atoms with van der Waals surface area (Å²) in [6.07, 6.45) is 2.04. The molecule has 1 aromatic heterocycles. The van der Waals surface area contributed by atoms with Gasteiger partial charge in [0, 0.05) is 12.1 Å². The van der Waals surface area contributed by atoms with Crippen LogP contribution in [0.1, 0.15) is 0 Å². The van der Waals surface area contributed by atoms with E-state index < -0.39 is 0 Å². The van der Waals surface area contributed by atoms with Crippen molar-refractivity contribution in [2.24, 2.45) is 7.05 Å². The van der Waals surface area contributed by atoms with Crippen molar-refractivity contribution in [3.05, 3.63) is 36.5 Å². The van der Waals surface area contributed by atoms with E-state index in [1.165, 1.54) is 10.9 Å². The van der Waals surface area contributed by atoms with E-state index in [4.69, 9.17) is 0 Å². The fourth-order valence-corrected chi connectivity index (χ4v) is 1.60. The molecule has 0 spiro atoms. The molecular formula is C11H13NO+2. The number of para-hydroxylation sites is 1. The summed E-state index contributed by atoms with van der Waals surface area (Å²) in [7, 11) is 3.86. The summed E-state index contributed by atoms with van der Waals surface area (Å²) in [5.41, 5.74) is 1.19. The van der Waals surface area contributed by atoms with E-state index in [0.717, 1.165) is 5.75 Å². The predicted octanol–water partition coefficient (Wildman–Crippen LogP) is 1.54.